The average molecular weight is 609 g/mol. The van der Waals surface area contributed by atoms with Crippen molar-refractivity contribution in [3.05, 3.63) is 80.0 Å². The predicted molar refractivity (Wildman–Crippen MR) is 139 cm³/mol. The zero-order valence-corrected chi connectivity index (χ0v) is 22.0. The zero-order valence-electron chi connectivity index (χ0n) is 19.7. The van der Waals surface area contributed by atoms with E-state index < -0.39 is 47.0 Å². The highest BCUT2D eigenvalue weighted by Gasteiger charge is 2.40. The smallest absolute Gasteiger partial charge is 0.341 e. The van der Waals surface area contributed by atoms with E-state index in [2.05, 4.69) is 31.5 Å². The van der Waals surface area contributed by atoms with Gasteiger partial charge in [-0.25, -0.2) is 19.0 Å². The molecule has 0 spiro atoms. The Morgan fingerprint density at radius 1 is 1.21 bits per heavy atom. The monoisotopic (exact) mass is 607 g/mol. The van der Waals surface area contributed by atoms with Crippen LogP contribution in [0, 0.1) is 5.82 Å². The Kier molecular flexibility index (Phi) is 8.09. The molecule has 3 amide bonds. The molecule has 4 rings (SSSR count). The number of rotatable bonds is 6. The van der Waals surface area contributed by atoms with Gasteiger partial charge in [-0.05, 0) is 46.3 Å². The first-order chi connectivity index (χ1) is 18.1. The summed E-state index contributed by atoms with van der Waals surface area (Å²) in [4.78, 5) is 55.1. The molecule has 1 fully saturated rings. The van der Waals surface area contributed by atoms with Gasteiger partial charge in [0.15, 0.2) is 0 Å². The third-order valence-corrected chi connectivity index (χ3v) is 6.48. The second-order valence-electron chi connectivity index (χ2n) is 8.26. The predicted octanol–water partition coefficient (Wildman–Crippen LogP) is 3.75. The second kappa shape index (κ2) is 11.3. The SMILES string of the molecule is COC1CC(C(=O)Nc2ccc(-n3cc(Br)cc(C(=O)O)c3=O)cc2F)N(C(=O)Nc2ccc(Cl)cn2)C1. The number of carbonyl (C=O) groups is 3. The van der Waals surface area contributed by atoms with Gasteiger partial charge in [-0.3, -0.25) is 19.5 Å². The van der Waals surface area contributed by atoms with Crippen LogP contribution in [0.1, 0.15) is 16.8 Å². The number of likely N-dealkylation sites (tertiary alicyclic amines) is 1. The van der Waals surface area contributed by atoms with E-state index in [0.717, 1.165) is 16.7 Å². The number of pyridine rings is 2. The van der Waals surface area contributed by atoms with E-state index in [4.69, 9.17) is 16.3 Å². The van der Waals surface area contributed by atoms with Gasteiger partial charge in [0.2, 0.25) is 5.91 Å². The minimum absolute atomic E-state index is 0.0473. The standard InChI is InChI=1S/C24H20BrClFN5O6/c1-38-15-8-19(32(11-15)24(37)30-20-5-2-13(26)9-28-20)21(33)29-18-4-3-14(7-17(18)27)31-10-12(25)6-16(22(31)34)23(35)36/h2-7,9-10,15,19H,8,11H2,1H3,(H,29,33)(H,35,36)(H,28,30,37). The van der Waals surface area contributed by atoms with Gasteiger partial charge in [0.05, 0.1) is 22.5 Å². The Balaban J connectivity index is 1.54. The summed E-state index contributed by atoms with van der Waals surface area (Å²) in [6.07, 6.45) is 2.42. The van der Waals surface area contributed by atoms with Crippen LogP contribution in [0.15, 0.2) is 58.1 Å². The fourth-order valence-corrected chi connectivity index (χ4v) is 4.48. The van der Waals surface area contributed by atoms with Gasteiger partial charge in [-0.2, -0.15) is 0 Å². The molecule has 11 nitrogen and oxygen atoms in total. The minimum Gasteiger partial charge on any atom is -0.477 e. The third-order valence-electron chi connectivity index (χ3n) is 5.82. The molecule has 2 atom stereocenters. The summed E-state index contributed by atoms with van der Waals surface area (Å²) in [5.41, 5.74) is -1.50. The average Bonchev–Trinajstić information content (AvgIpc) is 3.33. The molecule has 1 saturated heterocycles. The number of aromatic carboxylic acids is 1. The lowest BCUT2D eigenvalue weighted by Crippen LogP contribution is -2.45. The number of carboxylic acid groups (broad SMARTS) is 1. The van der Waals surface area contributed by atoms with Crippen LogP contribution >= 0.6 is 27.5 Å². The Hall–Kier alpha value is -3.81. The number of carbonyl (C=O) groups excluding carboxylic acids is 2. The van der Waals surface area contributed by atoms with Crippen molar-refractivity contribution < 1.29 is 28.6 Å². The molecule has 1 aliphatic heterocycles. The number of ether oxygens (including phenoxy) is 1. The first-order valence-electron chi connectivity index (χ1n) is 11.1. The highest BCUT2D eigenvalue weighted by atomic mass is 79.9. The summed E-state index contributed by atoms with van der Waals surface area (Å²) in [5.74, 6) is -2.72. The van der Waals surface area contributed by atoms with E-state index in [1.807, 2.05) is 0 Å². The normalized spacial score (nSPS) is 16.8. The Labute approximate surface area is 228 Å². The lowest BCUT2D eigenvalue weighted by molar-refractivity contribution is -0.119. The maximum atomic E-state index is 15.0. The molecule has 0 aliphatic carbocycles. The number of hydrogen-bond acceptors (Lipinski definition) is 6. The van der Waals surface area contributed by atoms with Gasteiger partial charge in [-0.15, -0.1) is 0 Å². The van der Waals surface area contributed by atoms with Gasteiger partial charge in [-0.1, -0.05) is 11.6 Å². The van der Waals surface area contributed by atoms with Crippen LogP contribution in [0.3, 0.4) is 0 Å². The van der Waals surface area contributed by atoms with Crippen LogP contribution in [0.25, 0.3) is 5.69 Å². The Bertz CT molecular complexity index is 1470. The van der Waals surface area contributed by atoms with E-state index in [1.165, 1.54) is 42.6 Å². The fourth-order valence-electron chi connectivity index (χ4n) is 3.94. The van der Waals surface area contributed by atoms with E-state index in [-0.39, 0.29) is 30.2 Å². The number of carboxylic acids is 1. The molecule has 38 heavy (non-hydrogen) atoms. The highest BCUT2D eigenvalue weighted by Crippen LogP contribution is 2.25. The lowest BCUT2D eigenvalue weighted by Gasteiger charge is -2.24. The van der Waals surface area contributed by atoms with Crippen molar-refractivity contribution in [2.75, 3.05) is 24.3 Å². The quantitative estimate of drug-likeness (QED) is 0.387. The van der Waals surface area contributed by atoms with Crippen molar-refractivity contribution in [3.63, 3.8) is 0 Å². The summed E-state index contributed by atoms with van der Waals surface area (Å²) in [5, 5.41) is 14.7. The van der Waals surface area contributed by atoms with Gasteiger partial charge < -0.3 is 20.1 Å². The van der Waals surface area contributed by atoms with E-state index in [9.17, 15) is 28.7 Å². The summed E-state index contributed by atoms with van der Waals surface area (Å²) in [6, 6.07) is 6.20. The molecular formula is C24H20BrClFN5O6. The van der Waals surface area contributed by atoms with Crippen molar-refractivity contribution in [2.45, 2.75) is 18.6 Å². The van der Waals surface area contributed by atoms with Crippen molar-refractivity contribution in [2.24, 2.45) is 0 Å². The van der Waals surface area contributed by atoms with E-state index in [1.54, 1.807) is 6.07 Å². The molecule has 3 aromatic rings. The van der Waals surface area contributed by atoms with Crippen LogP contribution < -0.4 is 16.2 Å². The van der Waals surface area contributed by atoms with Gasteiger partial charge in [0.25, 0.3) is 5.56 Å². The van der Waals surface area contributed by atoms with E-state index >= 15 is 0 Å². The Morgan fingerprint density at radius 3 is 2.61 bits per heavy atom. The molecule has 0 radical (unpaired) electrons. The second-order valence-corrected chi connectivity index (χ2v) is 9.61. The molecule has 1 aromatic carbocycles. The molecule has 14 heteroatoms. The van der Waals surface area contributed by atoms with Gasteiger partial charge in [0.1, 0.15) is 23.2 Å². The maximum Gasteiger partial charge on any atom is 0.341 e. The number of urea groups is 1. The summed E-state index contributed by atoms with van der Waals surface area (Å²) < 4.78 is 21.6. The summed E-state index contributed by atoms with van der Waals surface area (Å²) >= 11 is 8.96. The molecule has 0 bridgehead atoms. The van der Waals surface area contributed by atoms with Crippen LogP contribution in [0.2, 0.25) is 5.02 Å². The first kappa shape index (κ1) is 27.2. The van der Waals surface area contributed by atoms with Crippen LogP contribution in [-0.4, -0.2) is 63.3 Å². The van der Waals surface area contributed by atoms with Crippen molar-refractivity contribution in [1.29, 1.82) is 0 Å². The third kappa shape index (κ3) is 5.85. The van der Waals surface area contributed by atoms with Crippen LogP contribution in [0.4, 0.5) is 20.7 Å². The number of nitrogens with zero attached hydrogens (tertiary/aromatic N) is 3. The molecule has 3 heterocycles. The number of anilines is 2. The van der Waals surface area contributed by atoms with Crippen molar-refractivity contribution >= 4 is 56.9 Å². The van der Waals surface area contributed by atoms with Gasteiger partial charge >= 0.3 is 12.0 Å². The number of nitrogens with one attached hydrogen (secondary N) is 2. The number of benzene rings is 1. The molecule has 3 N–H and O–H groups in total. The van der Waals surface area contributed by atoms with E-state index in [0.29, 0.717) is 9.50 Å². The minimum atomic E-state index is -1.43. The molecular weight excluding hydrogens is 589 g/mol. The zero-order chi connectivity index (χ0) is 27.6. The molecule has 0 saturated carbocycles. The summed E-state index contributed by atoms with van der Waals surface area (Å²) in [7, 11) is 1.46. The number of aromatic nitrogens is 2. The largest absolute Gasteiger partial charge is 0.477 e. The molecule has 1 aliphatic rings. The first-order valence-corrected chi connectivity index (χ1v) is 12.2. The number of methoxy groups -OCH3 is 1. The summed E-state index contributed by atoms with van der Waals surface area (Å²) in [6.45, 7) is 0.118. The fraction of sp³-hybridized carbons (Fsp3) is 0.208. The van der Waals surface area contributed by atoms with Crippen molar-refractivity contribution in [1.82, 2.24) is 14.5 Å². The number of hydrogen-bond donors (Lipinski definition) is 3. The molecule has 198 valence electrons. The van der Waals surface area contributed by atoms with Crippen LogP contribution in [0.5, 0.6) is 0 Å². The number of amides is 3. The lowest BCUT2D eigenvalue weighted by atomic mass is 10.1. The van der Waals surface area contributed by atoms with Gasteiger partial charge in [0, 0.05) is 43.0 Å². The molecule has 2 aromatic heterocycles. The number of halogens is 3. The topological polar surface area (TPSA) is 143 Å². The Morgan fingerprint density at radius 2 is 1.97 bits per heavy atom. The maximum absolute atomic E-state index is 15.0. The van der Waals surface area contributed by atoms with Crippen molar-refractivity contribution in [3.8, 4) is 5.69 Å². The molecule has 2 unspecified atom stereocenters. The highest BCUT2D eigenvalue weighted by molar-refractivity contribution is 9.10. The van der Waals surface area contributed by atoms with Crippen LogP contribution in [-0.2, 0) is 9.53 Å².